The third-order valence-corrected chi connectivity index (χ3v) is 4.80. The average Bonchev–Trinajstić information content (AvgIpc) is 2.72. The molecule has 0 saturated heterocycles. The van der Waals surface area contributed by atoms with Crippen molar-refractivity contribution < 1.29 is 4.74 Å². The smallest absolute Gasteiger partial charge is 0.119 e. The summed E-state index contributed by atoms with van der Waals surface area (Å²) in [5.74, 6) is 0.918. The summed E-state index contributed by atoms with van der Waals surface area (Å²) in [5.41, 5.74) is 5.29. The number of ether oxygens (including phenoxy) is 1. The van der Waals surface area contributed by atoms with Gasteiger partial charge in [0.25, 0.3) is 0 Å². The highest BCUT2D eigenvalue weighted by Gasteiger charge is 2.12. The zero-order chi connectivity index (χ0) is 19.8. The summed E-state index contributed by atoms with van der Waals surface area (Å²) < 4.78 is 5.90. The SMILES string of the molecule is [B]c1ccc(N(c2ccc(C)cc2)c2ccc(OCCCCCC)cc2)cc1. The molecule has 28 heavy (non-hydrogen) atoms. The fourth-order valence-electron chi connectivity index (χ4n) is 3.17. The maximum absolute atomic E-state index is 5.90. The minimum absolute atomic E-state index is 0.763. The molecule has 0 fully saturated rings. The quantitative estimate of drug-likeness (QED) is 0.328. The van der Waals surface area contributed by atoms with E-state index in [1.165, 1.54) is 24.8 Å². The highest BCUT2D eigenvalue weighted by atomic mass is 16.5. The van der Waals surface area contributed by atoms with Crippen LogP contribution in [0.15, 0.2) is 72.8 Å². The summed E-state index contributed by atoms with van der Waals surface area (Å²) in [6.07, 6.45) is 4.85. The Balaban J connectivity index is 1.80. The van der Waals surface area contributed by atoms with Crippen LogP contribution in [-0.2, 0) is 0 Å². The van der Waals surface area contributed by atoms with Gasteiger partial charge in [0.15, 0.2) is 0 Å². The van der Waals surface area contributed by atoms with Crippen molar-refractivity contribution in [2.45, 2.75) is 39.5 Å². The lowest BCUT2D eigenvalue weighted by atomic mass is 9.96. The molecule has 3 aromatic rings. The van der Waals surface area contributed by atoms with Crippen molar-refractivity contribution in [1.29, 1.82) is 0 Å². The molecule has 142 valence electrons. The molecule has 2 nitrogen and oxygen atoms in total. The first kappa shape index (κ1) is 20.1. The summed E-state index contributed by atoms with van der Waals surface area (Å²) in [7, 11) is 5.89. The Morgan fingerprint density at radius 2 is 1.25 bits per heavy atom. The monoisotopic (exact) mass is 369 g/mol. The van der Waals surface area contributed by atoms with Gasteiger partial charge in [0.05, 0.1) is 6.61 Å². The van der Waals surface area contributed by atoms with Crippen LogP contribution in [0.5, 0.6) is 5.75 Å². The van der Waals surface area contributed by atoms with Crippen LogP contribution in [-0.4, -0.2) is 14.5 Å². The van der Waals surface area contributed by atoms with Crippen LogP contribution in [0.3, 0.4) is 0 Å². The largest absolute Gasteiger partial charge is 0.494 e. The molecule has 0 unspecified atom stereocenters. The van der Waals surface area contributed by atoms with Crippen molar-refractivity contribution >= 4 is 30.4 Å². The van der Waals surface area contributed by atoms with Gasteiger partial charge in [-0.1, -0.05) is 61.5 Å². The van der Waals surface area contributed by atoms with Crippen molar-refractivity contribution in [1.82, 2.24) is 0 Å². The minimum Gasteiger partial charge on any atom is -0.494 e. The van der Waals surface area contributed by atoms with Crippen LogP contribution >= 0.6 is 0 Å². The average molecular weight is 369 g/mol. The van der Waals surface area contributed by atoms with Crippen molar-refractivity contribution in [3.63, 3.8) is 0 Å². The fraction of sp³-hybridized carbons (Fsp3) is 0.280. The second-order valence-corrected chi connectivity index (χ2v) is 7.17. The number of aryl methyl sites for hydroxylation is 1. The van der Waals surface area contributed by atoms with Crippen LogP contribution in [0.4, 0.5) is 17.1 Å². The van der Waals surface area contributed by atoms with Gasteiger partial charge in [0, 0.05) is 17.1 Å². The lowest BCUT2D eigenvalue weighted by Crippen LogP contribution is -2.11. The van der Waals surface area contributed by atoms with E-state index in [-0.39, 0.29) is 0 Å². The minimum atomic E-state index is 0.763. The molecule has 0 saturated carbocycles. The summed E-state index contributed by atoms with van der Waals surface area (Å²) in [5, 5.41) is 0. The van der Waals surface area contributed by atoms with Gasteiger partial charge in [-0.05, 0) is 61.9 Å². The summed E-state index contributed by atoms with van der Waals surface area (Å²) in [6, 6.07) is 24.8. The third-order valence-electron chi connectivity index (χ3n) is 4.80. The van der Waals surface area contributed by atoms with Crippen molar-refractivity contribution in [3.05, 3.63) is 78.4 Å². The molecule has 0 aliphatic heterocycles. The maximum atomic E-state index is 5.90. The molecule has 0 amide bonds. The van der Waals surface area contributed by atoms with Crippen LogP contribution in [0.25, 0.3) is 0 Å². The van der Waals surface area contributed by atoms with E-state index in [1.807, 2.05) is 36.4 Å². The molecule has 0 N–H and O–H groups in total. The van der Waals surface area contributed by atoms with Crippen molar-refractivity contribution in [2.24, 2.45) is 0 Å². The van der Waals surface area contributed by atoms with Gasteiger partial charge >= 0.3 is 0 Å². The molecule has 0 aliphatic rings. The van der Waals surface area contributed by atoms with Crippen molar-refractivity contribution in [3.8, 4) is 5.75 Å². The Labute approximate surface area is 170 Å². The highest BCUT2D eigenvalue weighted by Crippen LogP contribution is 2.34. The fourth-order valence-corrected chi connectivity index (χ4v) is 3.17. The van der Waals surface area contributed by atoms with Gasteiger partial charge in [-0.3, -0.25) is 0 Å². The Morgan fingerprint density at radius 3 is 1.82 bits per heavy atom. The Kier molecular flexibility index (Phi) is 7.19. The molecular formula is C25H28BNO. The van der Waals surface area contributed by atoms with Gasteiger partial charge in [0.1, 0.15) is 13.6 Å². The topological polar surface area (TPSA) is 12.5 Å². The second-order valence-electron chi connectivity index (χ2n) is 7.17. The van der Waals surface area contributed by atoms with Crippen LogP contribution in [0, 0.1) is 6.92 Å². The first-order valence-corrected chi connectivity index (χ1v) is 10.1. The number of anilines is 3. The molecule has 0 spiro atoms. The van der Waals surface area contributed by atoms with Gasteiger partial charge < -0.3 is 9.64 Å². The van der Waals surface area contributed by atoms with Crippen LogP contribution in [0.2, 0.25) is 0 Å². The first-order chi connectivity index (χ1) is 13.7. The number of nitrogens with zero attached hydrogens (tertiary/aromatic N) is 1. The van der Waals surface area contributed by atoms with Crippen molar-refractivity contribution in [2.75, 3.05) is 11.5 Å². The predicted molar refractivity (Wildman–Crippen MR) is 121 cm³/mol. The molecule has 3 rings (SSSR count). The summed E-state index contributed by atoms with van der Waals surface area (Å²) in [4.78, 5) is 2.23. The molecule has 0 bridgehead atoms. The number of unbranched alkanes of at least 4 members (excludes halogenated alkanes) is 3. The lowest BCUT2D eigenvalue weighted by molar-refractivity contribution is 0.305. The second kappa shape index (κ2) is 10.0. The number of rotatable bonds is 9. The Hall–Kier alpha value is -2.68. The maximum Gasteiger partial charge on any atom is 0.119 e. The molecule has 0 atom stereocenters. The van der Waals surface area contributed by atoms with Crippen LogP contribution in [0.1, 0.15) is 38.2 Å². The zero-order valence-corrected chi connectivity index (χ0v) is 16.9. The molecular weight excluding hydrogens is 341 g/mol. The van der Waals surface area contributed by atoms with Gasteiger partial charge in [-0.25, -0.2) is 0 Å². The Morgan fingerprint density at radius 1 is 0.714 bits per heavy atom. The van der Waals surface area contributed by atoms with E-state index in [9.17, 15) is 0 Å². The van der Waals surface area contributed by atoms with E-state index in [0.29, 0.717) is 0 Å². The summed E-state index contributed by atoms with van der Waals surface area (Å²) >= 11 is 0. The predicted octanol–water partition coefficient (Wildman–Crippen LogP) is 6.22. The van der Waals surface area contributed by atoms with Gasteiger partial charge in [0.2, 0.25) is 0 Å². The third kappa shape index (κ3) is 5.42. The lowest BCUT2D eigenvalue weighted by Gasteiger charge is -2.26. The standard InChI is InChI=1S/C25H28BNO/c1-3-4-5-6-19-28-25-17-15-24(16-18-25)27(22-11-7-20(2)8-12-22)23-13-9-21(26)10-14-23/h7-18H,3-6,19H2,1-2H3. The zero-order valence-electron chi connectivity index (χ0n) is 16.9. The molecule has 3 aromatic carbocycles. The molecule has 2 radical (unpaired) electrons. The van der Waals surface area contributed by atoms with Crippen LogP contribution < -0.4 is 15.1 Å². The first-order valence-electron chi connectivity index (χ1n) is 10.1. The van der Waals surface area contributed by atoms with E-state index in [0.717, 1.165) is 41.3 Å². The molecule has 0 aromatic heterocycles. The highest BCUT2D eigenvalue weighted by molar-refractivity contribution is 6.32. The number of hydrogen-bond donors (Lipinski definition) is 0. The number of benzene rings is 3. The van der Waals surface area contributed by atoms with E-state index in [1.54, 1.807) is 0 Å². The molecule has 3 heteroatoms. The Bertz CT molecular complexity index is 796. The van der Waals surface area contributed by atoms with E-state index < -0.39 is 0 Å². The molecule has 0 heterocycles. The molecule has 0 aliphatic carbocycles. The number of hydrogen-bond acceptors (Lipinski definition) is 2. The van der Waals surface area contributed by atoms with Gasteiger partial charge in [-0.15, -0.1) is 0 Å². The summed E-state index contributed by atoms with van der Waals surface area (Å²) in [6.45, 7) is 5.10. The van der Waals surface area contributed by atoms with E-state index in [2.05, 4.69) is 55.1 Å². The normalized spacial score (nSPS) is 10.6. The van der Waals surface area contributed by atoms with Gasteiger partial charge in [-0.2, -0.15) is 0 Å². The van der Waals surface area contributed by atoms with E-state index in [4.69, 9.17) is 12.6 Å². The van der Waals surface area contributed by atoms with E-state index >= 15 is 0 Å².